The first kappa shape index (κ1) is 12.5. The summed E-state index contributed by atoms with van der Waals surface area (Å²) in [6.07, 6.45) is 1.48. The molecule has 1 aliphatic heterocycles. The van der Waals surface area contributed by atoms with E-state index in [0.717, 1.165) is 0 Å². The number of esters is 1. The molecule has 1 aromatic heterocycles. The maximum atomic E-state index is 12.4. The first-order valence-corrected chi connectivity index (χ1v) is 6.22. The summed E-state index contributed by atoms with van der Waals surface area (Å²) in [4.78, 5) is 24.2. The standard InChI is InChI=1S/C14H13NO5/c1-3-18-14(17)9-6-15(2)10-5-12-11(19-7-20-12)4-8(10)13(9)16/h4-6H,3,7H2,1-2H3. The van der Waals surface area contributed by atoms with Crippen molar-refractivity contribution in [2.24, 2.45) is 7.05 Å². The summed E-state index contributed by atoms with van der Waals surface area (Å²) in [7, 11) is 1.76. The van der Waals surface area contributed by atoms with Gasteiger partial charge in [0.05, 0.1) is 17.5 Å². The van der Waals surface area contributed by atoms with Crippen molar-refractivity contribution in [1.29, 1.82) is 0 Å². The van der Waals surface area contributed by atoms with Gasteiger partial charge in [0, 0.05) is 19.3 Å². The molecule has 1 aliphatic rings. The van der Waals surface area contributed by atoms with Crippen LogP contribution in [-0.2, 0) is 11.8 Å². The molecule has 6 nitrogen and oxygen atoms in total. The molecule has 2 heterocycles. The number of carbonyl (C=O) groups excluding carboxylic acids is 1. The summed E-state index contributed by atoms with van der Waals surface area (Å²) in [6, 6.07) is 3.33. The Labute approximate surface area is 114 Å². The maximum absolute atomic E-state index is 12.4. The molecular weight excluding hydrogens is 262 g/mol. The van der Waals surface area contributed by atoms with Crippen LogP contribution in [-0.4, -0.2) is 23.9 Å². The van der Waals surface area contributed by atoms with E-state index in [0.29, 0.717) is 22.4 Å². The van der Waals surface area contributed by atoms with Gasteiger partial charge in [-0.25, -0.2) is 4.79 Å². The van der Waals surface area contributed by atoms with Gasteiger partial charge < -0.3 is 18.8 Å². The van der Waals surface area contributed by atoms with Crippen LogP contribution < -0.4 is 14.9 Å². The Kier molecular flexibility index (Phi) is 2.85. The van der Waals surface area contributed by atoms with E-state index in [1.165, 1.54) is 6.20 Å². The second-order valence-electron chi connectivity index (χ2n) is 4.43. The van der Waals surface area contributed by atoms with Crippen LogP contribution in [0.1, 0.15) is 17.3 Å². The maximum Gasteiger partial charge on any atom is 0.343 e. The highest BCUT2D eigenvalue weighted by Gasteiger charge is 2.20. The van der Waals surface area contributed by atoms with Crippen LogP contribution in [0, 0.1) is 0 Å². The molecule has 0 saturated carbocycles. The molecule has 0 atom stereocenters. The Bertz CT molecular complexity index is 762. The summed E-state index contributed by atoms with van der Waals surface area (Å²) in [5, 5.41) is 0.405. The normalized spacial score (nSPS) is 12.7. The van der Waals surface area contributed by atoms with Crippen LogP contribution in [0.3, 0.4) is 0 Å². The Morgan fingerprint density at radius 2 is 2.05 bits per heavy atom. The molecule has 0 amide bonds. The number of hydrogen-bond donors (Lipinski definition) is 0. The molecule has 0 bridgehead atoms. The highest BCUT2D eigenvalue weighted by atomic mass is 16.7. The van der Waals surface area contributed by atoms with Crippen molar-refractivity contribution < 1.29 is 19.0 Å². The monoisotopic (exact) mass is 275 g/mol. The van der Waals surface area contributed by atoms with Gasteiger partial charge in [-0.2, -0.15) is 0 Å². The molecule has 0 radical (unpaired) electrons. The fourth-order valence-corrected chi connectivity index (χ4v) is 2.23. The van der Waals surface area contributed by atoms with Crippen molar-refractivity contribution in [1.82, 2.24) is 4.57 Å². The fraction of sp³-hybridized carbons (Fsp3) is 0.286. The summed E-state index contributed by atoms with van der Waals surface area (Å²) >= 11 is 0. The van der Waals surface area contributed by atoms with Crippen LogP contribution in [0.5, 0.6) is 11.5 Å². The van der Waals surface area contributed by atoms with Crippen LogP contribution in [0.25, 0.3) is 10.9 Å². The second-order valence-corrected chi connectivity index (χ2v) is 4.43. The van der Waals surface area contributed by atoms with Crippen molar-refractivity contribution in [3.8, 4) is 11.5 Å². The van der Waals surface area contributed by atoms with E-state index in [2.05, 4.69) is 0 Å². The third kappa shape index (κ3) is 1.80. The molecule has 0 spiro atoms. The summed E-state index contributed by atoms with van der Waals surface area (Å²) < 4.78 is 17.1. The number of benzene rings is 1. The topological polar surface area (TPSA) is 66.8 Å². The molecular formula is C14H13NO5. The molecule has 3 rings (SSSR count). The lowest BCUT2D eigenvalue weighted by Crippen LogP contribution is -2.20. The van der Waals surface area contributed by atoms with E-state index in [1.807, 2.05) is 0 Å². The third-order valence-corrected chi connectivity index (χ3v) is 3.18. The van der Waals surface area contributed by atoms with Gasteiger partial charge in [0.2, 0.25) is 12.2 Å². The highest BCUT2D eigenvalue weighted by molar-refractivity contribution is 5.94. The van der Waals surface area contributed by atoms with E-state index >= 15 is 0 Å². The van der Waals surface area contributed by atoms with Gasteiger partial charge in [-0.05, 0) is 13.0 Å². The SMILES string of the molecule is CCOC(=O)c1cn(C)c2cc3c(cc2c1=O)OCO3. The van der Waals surface area contributed by atoms with Crippen LogP contribution in [0.2, 0.25) is 0 Å². The number of rotatable bonds is 2. The van der Waals surface area contributed by atoms with E-state index in [9.17, 15) is 9.59 Å². The number of hydrogen-bond acceptors (Lipinski definition) is 5. The van der Waals surface area contributed by atoms with Gasteiger partial charge in [0.25, 0.3) is 0 Å². The van der Waals surface area contributed by atoms with Gasteiger partial charge >= 0.3 is 5.97 Å². The molecule has 0 fully saturated rings. The smallest absolute Gasteiger partial charge is 0.343 e. The number of pyridine rings is 1. The number of fused-ring (bicyclic) bond motifs is 2. The van der Waals surface area contributed by atoms with Crippen molar-refractivity contribution in [2.45, 2.75) is 6.92 Å². The molecule has 0 saturated heterocycles. The van der Waals surface area contributed by atoms with Crippen molar-refractivity contribution in [3.63, 3.8) is 0 Å². The van der Waals surface area contributed by atoms with E-state index in [-0.39, 0.29) is 24.4 Å². The number of carbonyl (C=O) groups is 1. The molecule has 20 heavy (non-hydrogen) atoms. The molecule has 0 aliphatic carbocycles. The Morgan fingerprint density at radius 3 is 2.75 bits per heavy atom. The first-order chi connectivity index (χ1) is 9.61. The number of aromatic nitrogens is 1. The van der Waals surface area contributed by atoms with Gasteiger partial charge in [-0.1, -0.05) is 0 Å². The fourth-order valence-electron chi connectivity index (χ4n) is 2.23. The Hall–Kier alpha value is -2.50. The zero-order valence-electron chi connectivity index (χ0n) is 11.1. The van der Waals surface area contributed by atoms with Crippen LogP contribution in [0.15, 0.2) is 23.1 Å². The molecule has 104 valence electrons. The van der Waals surface area contributed by atoms with E-state index in [1.54, 1.807) is 30.7 Å². The molecule has 0 N–H and O–H groups in total. The van der Waals surface area contributed by atoms with Crippen LogP contribution in [0.4, 0.5) is 0 Å². The predicted octanol–water partition coefficient (Wildman–Crippen LogP) is 1.44. The highest BCUT2D eigenvalue weighted by Crippen LogP contribution is 2.34. The largest absolute Gasteiger partial charge is 0.462 e. The minimum Gasteiger partial charge on any atom is -0.462 e. The molecule has 2 aromatic rings. The average Bonchev–Trinajstić information content (AvgIpc) is 2.88. The lowest BCUT2D eigenvalue weighted by atomic mass is 10.1. The molecule has 0 unspecified atom stereocenters. The van der Waals surface area contributed by atoms with Gasteiger partial charge in [0.15, 0.2) is 11.5 Å². The average molecular weight is 275 g/mol. The van der Waals surface area contributed by atoms with E-state index in [4.69, 9.17) is 14.2 Å². The third-order valence-electron chi connectivity index (χ3n) is 3.18. The molecule has 6 heteroatoms. The van der Waals surface area contributed by atoms with Gasteiger partial charge in [-0.3, -0.25) is 4.79 Å². The number of aryl methyl sites for hydroxylation is 1. The summed E-state index contributed by atoms with van der Waals surface area (Å²) in [6.45, 7) is 2.05. The lowest BCUT2D eigenvalue weighted by Gasteiger charge is -2.09. The van der Waals surface area contributed by atoms with Gasteiger partial charge in [0.1, 0.15) is 5.56 Å². The van der Waals surface area contributed by atoms with Crippen molar-refractivity contribution >= 4 is 16.9 Å². The predicted molar refractivity (Wildman–Crippen MR) is 71.3 cm³/mol. The molecule has 1 aromatic carbocycles. The summed E-state index contributed by atoms with van der Waals surface area (Å²) in [5.74, 6) is 0.486. The summed E-state index contributed by atoms with van der Waals surface area (Å²) in [5.41, 5.74) is 0.322. The lowest BCUT2D eigenvalue weighted by molar-refractivity contribution is 0.0524. The Morgan fingerprint density at radius 1 is 1.35 bits per heavy atom. The second kappa shape index (κ2) is 4.56. The first-order valence-electron chi connectivity index (χ1n) is 6.22. The van der Waals surface area contributed by atoms with Crippen molar-refractivity contribution in [2.75, 3.05) is 13.4 Å². The van der Waals surface area contributed by atoms with Crippen molar-refractivity contribution in [3.05, 3.63) is 34.1 Å². The number of ether oxygens (including phenoxy) is 3. The minimum absolute atomic E-state index is 0.0146. The van der Waals surface area contributed by atoms with E-state index < -0.39 is 5.97 Å². The minimum atomic E-state index is -0.618. The quantitative estimate of drug-likeness (QED) is 0.776. The number of nitrogens with zero attached hydrogens (tertiary/aromatic N) is 1. The zero-order valence-corrected chi connectivity index (χ0v) is 11.1. The Balaban J connectivity index is 2.27. The zero-order chi connectivity index (χ0) is 14.3. The van der Waals surface area contributed by atoms with Crippen LogP contribution >= 0.6 is 0 Å². The van der Waals surface area contributed by atoms with Gasteiger partial charge in [-0.15, -0.1) is 0 Å².